The second-order valence-corrected chi connectivity index (χ2v) is 14.4. The lowest BCUT2D eigenvalue weighted by atomic mass is 9.85. The highest BCUT2D eigenvalue weighted by Crippen LogP contribution is 2.34. The van der Waals surface area contributed by atoms with Crippen molar-refractivity contribution in [2.24, 2.45) is 5.92 Å². The number of carbonyl (C=O) groups excluding carboxylic acids is 1. The number of fused-ring (bicyclic) bond motifs is 4. The number of amides is 1. The van der Waals surface area contributed by atoms with Crippen molar-refractivity contribution in [2.75, 3.05) is 50.8 Å². The molecule has 3 saturated heterocycles. The van der Waals surface area contributed by atoms with E-state index in [2.05, 4.69) is 0 Å². The largest absolute Gasteiger partial charge is 0.494 e. The smallest absolute Gasteiger partial charge is 0.263 e. The summed E-state index contributed by atoms with van der Waals surface area (Å²) in [5.41, 5.74) is 0.711. The van der Waals surface area contributed by atoms with Gasteiger partial charge in [0, 0.05) is 47.7 Å². The van der Waals surface area contributed by atoms with Crippen molar-refractivity contribution in [2.45, 2.75) is 78.1 Å². The van der Waals surface area contributed by atoms with Crippen molar-refractivity contribution in [3.8, 4) is 17.2 Å². The second-order valence-electron chi connectivity index (χ2n) is 14.4. The first-order valence-electron chi connectivity index (χ1n) is 19.0. The van der Waals surface area contributed by atoms with Crippen LogP contribution in [0.15, 0.2) is 71.7 Å². The highest BCUT2D eigenvalue weighted by atomic mass is 19.1. The van der Waals surface area contributed by atoms with E-state index in [0.717, 1.165) is 43.4 Å². The molecule has 3 aliphatic heterocycles. The molecule has 0 aliphatic carbocycles. The Morgan fingerprint density at radius 2 is 1.49 bits per heavy atom. The standard InChI is InChI=1S/C42H52F2N3O4/c1-3-23-50-36-13-11-12-34(28-36)46-30-39(42(49)45(4-2)35-26-32(43)25-33(44)27-35)41(48)38-15-14-37(29-40(38)46)51-24-10-8-6-5-7-9-19-47-20-16-31(17-21-47)18-22-47/h11-15,25-31H,3-10,16-24H2,1-2H3/q+1. The minimum atomic E-state index is -0.806. The molecule has 4 aromatic rings. The van der Waals surface area contributed by atoms with Gasteiger partial charge in [-0.25, -0.2) is 8.78 Å². The van der Waals surface area contributed by atoms with E-state index in [0.29, 0.717) is 41.3 Å². The topological polar surface area (TPSA) is 60.8 Å². The van der Waals surface area contributed by atoms with E-state index in [-0.39, 0.29) is 17.8 Å². The fourth-order valence-electron chi connectivity index (χ4n) is 7.91. The predicted octanol–water partition coefficient (Wildman–Crippen LogP) is 9.07. The Morgan fingerprint density at radius 3 is 2.20 bits per heavy atom. The number of hydrogen-bond donors (Lipinski definition) is 0. The first-order chi connectivity index (χ1) is 24.8. The lowest BCUT2D eigenvalue weighted by Gasteiger charge is -2.49. The number of pyridine rings is 1. The summed E-state index contributed by atoms with van der Waals surface area (Å²) in [5.74, 6) is 0.0441. The Labute approximate surface area is 300 Å². The molecule has 51 heavy (non-hydrogen) atoms. The molecule has 0 N–H and O–H groups in total. The first-order valence-corrected chi connectivity index (χ1v) is 19.0. The molecule has 4 heterocycles. The van der Waals surface area contributed by atoms with E-state index in [1.165, 1.54) is 86.7 Å². The van der Waals surface area contributed by atoms with E-state index >= 15 is 0 Å². The molecule has 0 radical (unpaired) electrons. The summed E-state index contributed by atoms with van der Waals surface area (Å²) >= 11 is 0. The summed E-state index contributed by atoms with van der Waals surface area (Å²) < 4.78 is 43.5. The van der Waals surface area contributed by atoms with Crippen LogP contribution in [0, 0.1) is 17.6 Å². The molecule has 1 aromatic heterocycles. The average molecular weight is 701 g/mol. The minimum absolute atomic E-state index is 0.0370. The Kier molecular flexibility index (Phi) is 12.1. The molecule has 0 atom stereocenters. The van der Waals surface area contributed by atoms with Gasteiger partial charge in [0.05, 0.1) is 44.9 Å². The number of hydrogen-bond acceptors (Lipinski definition) is 4. The average Bonchev–Trinajstić information content (AvgIpc) is 3.14. The zero-order valence-corrected chi connectivity index (χ0v) is 30.2. The number of ether oxygens (including phenoxy) is 2. The Bertz CT molecular complexity index is 1830. The van der Waals surface area contributed by atoms with Gasteiger partial charge in [0.1, 0.15) is 28.7 Å². The van der Waals surface area contributed by atoms with E-state index in [1.54, 1.807) is 23.6 Å². The van der Waals surface area contributed by atoms with E-state index in [4.69, 9.17) is 9.47 Å². The molecular formula is C42H52F2N3O4+. The molecular weight excluding hydrogens is 648 g/mol. The maximum absolute atomic E-state index is 14.1. The van der Waals surface area contributed by atoms with Crippen LogP contribution < -0.4 is 19.8 Å². The number of piperidine rings is 3. The van der Waals surface area contributed by atoms with Crippen LogP contribution >= 0.6 is 0 Å². The van der Waals surface area contributed by atoms with E-state index in [1.807, 2.05) is 37.3 Å². The van der Waals surface area contributed by atoms with Crippen molar-refractivity contribution in [3.63, 3.8) is 0 Å². The molecule has 3 aliphatic rings. The van der Waals surface area contributed by atoms with Crippen LogP contribution in [-0.2, 0) is 0 Å². The molecule has 3 aromatic carbocycles. The summed E-state index contributed by atoms with van der Waals surface area (Å²) in [7, 11) is 0. The molecule has 0 unspecified atom stereocenters. The van der Waals surface area contributed by atoms with Gasteiger partial charge in [-0.2, -0.15) is 0 Å². The van der Waals surface area contributed by atoms with Crippen molar-refractivity contribution >= 4 is 22.5 Å². The minimum Gasteiger partial charge on any atom is -0.494 e. The van der Waals surface area contributed by atoms with Gasteiger partial charge in [0.15, 0.2) is 0 Å². The fraction of sp³-hybridized carbons (Fsp3) is 0.476. The van der Waals surface area contributed by atoms with Crippen LogP contribution in [0.2, 0.25) is 0 Å². The zero-order chi connectivity index (χ0) is 35.8. The van der Waals surface area contributed by atoms with Crippen molar-refractivity contribution < 1.29 is 27.5 Å². The lowest BCUT2D eigenvalue weighted by Crippen LogP contribution is -2.58. The Morgan fingerprint density at radius 1 is 0.824 bits per heavy atom. The van der Waals surface area contributed by atoms with Gasteiger partial charge in [-0.1, -0.05) is 32.3 Å². The molecule has 0 saturated carbocycles. The van der Waals surface area contributed by atoms with Gasteiger partial charge in [0.2, 0.25) is 5.43 Å². The monoisotopic (exact) mass is 700 g/mol. The highest BCUT2D eigenvalue weighted by Gasteiger charge is 2.38. The number of carbonyl (C=O) groups is 1. The third-order valence-corrected chi connectivity index (χ3v) is 10.8. The zero-order valence-electron chi connectivity index (χ0n) is 30.2. The van der Waals surface area contributed by atoms with Crippen molar-refractivity contribution in [3.05, 3.63) is 94.3 Å². The molecule has 9 heteroatoms. The van der Waals surface area contributed by atoms with Gasteiger partial charge < -0.3 is 23.4 Å². The second kappa shape index (κ2) is 16.9. The summed E-state index contributed by atoms with van der Waals surface area (Å²) in [4.78, 5) is 29.0. The number of quaternary nitrogens is 1. The number of rotatable bonds is 17. The molecule has 7 rings (SSSR count). The van der Waals surface area contributed by atoms with Gasteiger partial charge in [-0.3, -0.25) is 9.59 Å². The normalized spacial score (nSPS) is 18.2. The summed E-state index contributed by atoms with van der Waals surface area (Å²) in [6.45, 7) is 10.5. The first kappa shape index (κ1) is 36.5. The highest BCUT2D eigenvalue weighted by molar-refractivity contribution is 6.07. The molecule has 3 fully saturated rings. The van der Waals surface area contributed by atoms with E-state index in [9.17, 15) is 18.4 Å². The fourth-order valence-corrected chi connectivity index (χ4v) is 7.91. The predicted molar refractivity (Wildman–Crippen MR) is 199 cm³/mol. The van der Waals surface area contributed by atoms with E-state index < -0.39 is 23.0 Å². The van der Waals surface area contributed by atoms with Crippen LogP contribution in [0.3, 0.4) is 0 Å². The van der Waals surface area contributed by atoms with Crippen molar-refractivity contribution in [1.29, 1.82) is 0 Å². The van der Waals surface area contributed by atoms with Crippen LogP contribution in [0.1, 0.15) is 88.4 Å². The maximum atomic E-state index is 14.1. The van der Waals surface area contributed by atoms with Crippen LogP contribution in [0.4, 0.5) is 14.5 Å². The number of benzene rings is 3. The van der Waals surface area contributed by atoms with Gasteiger partial charge in [-0.15, -0.1) is 0 Å². The van der Waals surface area contributed by atoms with Crippen LogP contribution in [0.25, 0.3) is 16.6 Å². The SMILES string of the molecule is CCCOc1cccc(-n2cc(C(=O)N(CC)c3cc(F)cc(F)c3)c(=O)c3ccc(OCCCCCCCC[N+]45CCC(CC4)CC5)cc32)c1. The summed E-state index contributed by atoms with van der Waals surface area (Å²) in [6.07, 6.45) is 13.8. The number of aromatic nitrogens is 1. The summed E-state index contributed by atoms with van der Waals surface area (Å²) in [5, 5.41) is 0.328. The number of unbranched alkanes of at least 4 members (excludes halogenated alkanes) is 5. The third-order valence-electron chi connectivity index (χ3n) is 10.8. The molecule has 272 valence electrons. The van der Waals surface area contributed by atoms with Gasteiger partial charge in [0.25, 0.3) is 5.91 Å². The Balaban J connectivity index is 1.16. The molecule has 1 amide bonds. The number of anilines is 1. The molecule has 2 bridgehead atoms. The lowest BCUT2D eigenvalue weighted by molar-refractivity contribution is -0.942. The Hall–Kier alpha value is -4.24. The third kappa shape index (κ3) is 8.80. The summed E-state index contributed by atoms with van der Waals surface area (Å²) in [6, 6.07) is 15.7. The maximum Gasteiger partial charge on any atom is 0.263 e. The number of nitrogens with zero attached hydrogens (tertiary/aromatic N) is 3. The molecule has 7 nitrogen and oxygen atoms in total. The van der Waals surface area contributed by atoms with Crippen LogP contribution in [0.5, 0.6) is 11.5 Å². The van der Waals surface area contributed by atoms with Crippen LogP contribution in [-0.4, -0.2) is 60.9 Å². The number of halogens is 2. The van der Waals surface area contributed by atoms with Crippen molar-refractivity contribution in [1.82, 2.24) is 4.57 Å². The van der Waals surface area contributed by atoms with Gasteiger partial charge in [-0.05, 0) is 94.2 Å². The quantitative estimate of drug-likeness (QED) is 0.0815. The van der Waals surface area contributed by atoms with Gasteiger partial charge >= 0.3 is 0 Å². The molecule has 0 spiro atoms.